The highest BCUT2D eigenvalue weighted by Crippen LogP contribution is 2.32. The van der Waals surface area contributed by atoms with Crippen molar-refractivity contribution in [3.05, 3.63) is 23.8 Å². The van der Waals surface area contributed by atoms with E-state index in [2.05, 4.69) is 19.2 Å². The summed E-state index contributed by atoms with van der Waals surface area (Å²) in [6.07, 6.45) is 1.70. The number of hydrogen-bond donors (Lipinski definition) is 3. The quantitative estimate of drug-likeness (QED) is 0.134. The van der Waals surface area contributed by atoms with Gasteiger partial charge in [-0.15, -0.1) is 0 Å². The average Bonchev–Trinajstić information content (AvgIpc) is 2.95. The van der Waals surface area contributed by atoms with Gasteiger partial charge < -0.3 is 35.7 Å². The second-order valence-electron chi connectivity index (χ2n) is 13.5. The molecule has 252 valence electrons. The van der Waals surface area contributed by atoms with Gasteiger partial charge >= 0.3 is 5.97 Å². The predicted molar refractivity (Wildman–Crippen MR) is 173 cm³/mol. The van der Waals surface area contributed by atoms with E-state index in [-0.39, 0.29) is 48.5 Å². The number of methoxy groups -OCH3 is 2. The summed E-state index contributed by atoms with van der Waals surface area (Å²) in [5.41, 5.74) is 12.5. The van der Waals surface area contributed by atoms with Crippen LogP contribution in [0.3, 0.4) is 0 Å². The van der Waals surface area contributed by atoms with Crippen molar-refractivity contribution in [1.82, 2.24) is 5.32 Å². The van der Waals surface area contributed by atoms with E-state index in [0.717, 1.165) is 18.4 Å². The first kappa shape index (κ1) is 39.2. The Labute approximate surface area is 265 Å². The zero-order chi connectivity index (χ0) is 33.6. The molecule has 2 amide bonds. The predicted octanol–water partition coefficient (Wildman–Crippen LogP) is 4.50. The SMILES string of the molecule is COCCCOc1cc(C[C@@H](CC(N)[C@H](C[C@@H](C(=O)NCC(C)(C)C(N)=O)C(C)C)OC(=O)C(C)C)C(C)C)ccc1OC. The Morgan fingerprint density at radius 2 is 1.59 bits per heavy atom. The number of carbonyl (C=O) groups excluding carboxylic acids is 3. The monoisotopic (exact) mass is 621 g/mol. The highest BCUT2D eigenvalue weighted by molar-refractivity contribution is 5.83. The fraction of sp³-hybridized carbons (Fsp3) is 0.735. The molecular weight excluding hydrogens is 562 g/mol. The van der Waals surface area contributed by atoms with Crippen molar-refractivity contribution in [3.63, 3.8) is 0 Å². The van der Waals surface area contributed by atoms with Gasteiger partial charge in [0.05, 0.1) is 25.0 Å². The fourth-order valence-corrected chi connectivity index (χ4v) is 4.80. The van der Waals surface area contributed by atoms with Gasteiger partial charge in [-0.3, -0.25) is 14.4 Å². The van der Waals surface area contributed by atoms with E-state index in [9.17, 15) is 14.4 Å². The number of hydrogen-bond acceptors (Lipinski definition) is 8. The summed E-state index contributed by atoms with van der Waals surface area (Å²) in [6, 6.07) is 5.46. The molecule has 5 N–H and O–H groups in total. The third-order valence-electron chi connectivity index (χ3n) is 8.21. The summed E-state index contributed by atoms with van der Waals surface area (Å²) in [4.78, 5) is 37.9. The van der Waals surface area contributed by atoms with E-state index in [0.29, 0.717) is 31.1 Å². The van der Waals surface area contributed by atoms with Crippen LogP contribution in [0.15, 0.2) is 18.2 Å². The number of primary amides is 1. The lowest BCUT2D eigenvalue weighted by molar-refractivity contribution is -0.156. The van der Waals surface area contributed by atoms with Crippen molar-refractivity contribution in [2.45, 2.75) is 93.2 Å². The second-order valence-corrected chi connectivity index (χ2v) is 13.5. The molecule has 0 heterocycles. The molecule has 0 aromatic heterocycles. The summed E-state index contributed by atoms with van der Waals surface area (Å²) >= 11 is 0. The van der Waals surface area contributed by atoms with Crippen LogP contribution in [-0.4, -0.2) is 63.9 Å². The Bertz CT molecular complexity index is 1040. The van der Waals surface area contributed by atoms with Crippen LogP contribution >= 0.6 is 0 Å². The maximum absolute atomic E-state index is 13.3. The van der Waals surface area contributed by atoms with E-state index in [1.807, 2.05) is 32.0 Å². The van der Waals surface area contributed by atoms with Crippen molar-refractivity contribution in [3.8, 4) is 11.5 Å². The molecule has 10 nitrogen and oxygen atoms in total. The van der Waals surface area contributed by atoms with Gasteiger partial charge in [0, 0.05) is 38.6 Å². The molecule has 10 heteroatoms. The number of ether oxygens (including phenoxy) is 4. The zero-order valence-electron chi connectivity index (χ0n) is 28.7. The number of amides is 2. The Hall–Kier alpha value is -2.85. The molecule has 4 atom stereocenters. The van der Waals surface area contributed by atoms with E-state index < -0.39 is 29.4 Å². The van der Waals surface area contributed by atoms with Gasteiger partial charge in [-0.25, -0.2) is 0 Å². The topological polar surface area (TPSA) is 152 Å². The van der Waals surface area contributed by atoms with Crippen LogP contribution in [0, 0.1) is 35.0 Å². The summed E-state index contributed by atoms with van der Waals surface area (Å²) < 4.78 is 22.6. The number of rotatable bonds is 21. The molecule has 0 aliphatic heterocycles. The Morgan fingerprint density at radius 3 is 2.11 bits per heavy atom. The van der Waals surface area contributed by atoms with Crippen LogP contribution in [-0.2, 0) is 30.3 Å². The van der Waals surface area contributed by atoms with Crippen LogP contribution < -0.4 is 26.3 Å². The fourth-order valence-electron chi connectivity index (χ4n) is 4.80. The van der Waals surface area contributed by atoms with Crippen LogP contribution in [0.25, 0.3) is 0 Å². The zero-order valence-corrected chi connectivity index (χ0v) is 28.7. The van der Waals surface area contributed by atoms with Gasteiger partial charge in [-0.1, -0.05) is 47.6 Å². The number of nitrogens with two attached hydrogens (primary N) is 2. The van der Waals surface area contributed by atoms with Crippen molar-refractivity contribution in [2.24, 2.45) is 46.5 Å². The van der Waals surface area contributed by atoms with Crippen LogP contribution in [0.4, 0.5) is 0 Å². The molecule has 0 aliphatic rings. The summed E-state index contributed by atoms with van der Waals surface area (Å²) in [7, 11) is 3.28. The molecule has 0 spiro atoms. The molecule has 0 aliphatic carbocycles. The van der Waals surface area contributed by atoms with Crippen LogP contribution in [0.5, 0.6) is 11.5 Å². The standard InChI is InChI=1S/C34H59N3O7/c1-21(2)25(16-24-12-13-28(42-10)30(17-24)43-15-11-14-41-9)18-27(35)29(44-32(39)23(5)6)19-26(22(3)4)31(38)37-20-34(7,8)33(36)40/h12-13,17,21-23,25-27,29H,11,14-16,18-20,35H2,1-10H3,(H2,36,40)(H,37,38)/t25-,26+,27?,29-/m0/s1. The van der Waals surface area contributed by atoms with Crippen LogP contribution in [0.2, 0.25) is 0 Å². The molecular formula is C34H59N3O7. The molecule has 1 unspecified atom stereocenters. The smallest absolute Gasteiger partial charge is 0.308 e. The molecule has 0 saturated heterocycles. The molecule has 44 heavy (non-hydrogen) atoms. The van der Waals surface area contributed by atoms with Crippen LogP contribution in [0.1, 0.15) is 80.2 Å². The molecule has 1 rings (SSSR count). The Balaban J connectivity index is 3.18. The van der Waals surface area contributed by atoms with E-state index in [1.165, 1.54) is 0 Å². The van der Waals surface area contributed by atoms with Gasteiger partial charge in [0.2, 0.25) is 11.8 Å². The Kier molecular flexibility index (Phi) is 16.8. The summed E-state index contributed by atoms with van der Waals surface area (Å²) in [6.45, 7) is 16.4. The minimum atomic E-state index is -0.891. The highest BCUT2D eigenvalue weighted by Gasteiger charge is 2.35. The Morgan fingerprint density at radius 1 is 0.932 bits per heavy atom. The van der Waals surface area contributed by atoms with E-state index in [4.69, 9.17) is 30.4 Å². The molecule has 1 aromatic rings. The first-order valence-corrected chi connectivity index (χ1v) is 15.9. The third-order valence-corrected chi connectivity index (χ3v) is 8.21. The lowest BCUT2D eigenvalue weighted by atomic mass is 9.80. The van der Waals surface area contributed by atoms with Gasteiger partial charge in [0.15, 0.2) is 11.5 Å². The second kappa shape index (κ2) is 18.8. The van der Waals surface area contributed by atoms with Crippen molar-refractivity contribution in [1.29, 1.82) is 0 Å². The summed E-state index contributed by atoms with van der Waals surface area (Å²) in [5, 5.41) is 2.88. The molecule has 1 aromatic carbocycles. The first-order chi connectivity index (χ1) is 20.5. The number of nitrogens with one attached hydrogen (secondary N) is 1. The van der Waals surface area contributed by atoms with Gasteiger partial charge in [0.1, 0.15) is 6.10 Å². The molecule has 0 radical (unpaired) electrons. The van der Waals surface area contributed by atoms with Gasteiger partial charge in [0.25, 0.3) is 0 Å². The minimum Gasteiger partial charge on any atom is -0.493 e. The molecule has 0 saturated carbocycles. The maximum atomic E-state index is 13.3. The lowest BCUT2D eigenvalue weighted by Crippen LogP contribution is -2.47. The van der Waals surface area contributed by atoms with E-state index >= 15 is 0 Å². The lowest BCUT2D eigenvalue weighted by Gasteiger charge is -2.33. The highest BCUT2D eigenvalue weighted by atomic mass is 16.5. The van der Waals surface area contributed by atoms with Gasteiger partial charge in [-0.05, 0) is 68.6 Å². The number of esters is 1. The number of benzene rings is 1. The average molecular weight is 622 g/mol. The normalized spacial score (nSPS) is 14.7. The first-order valence-electron chi connectivity index (χ1n) is 15.9. The minimum absolute atomic E-state index is 0.0540. The van der Waals surface area contributed by atoms with E-state index in [1.54, 1.807) is 41.9 Å². The van der Waals surface area contributed by atoms with Gasteiger partial charge in [-0.2, -0.15) is 0 Å². The van der Waals surface area contributed by atoms with Crippen molar-refractivity contribution in [2.75, 3.05) is 34.0 Å². The van der Waals surface area contributed by atoms with Crippen molar-refractivity contribution >= 4 is 17.8 Å². The number of carbonyl (C=O) groups is 3. The maximum Gasteiger partial charge on any atom is 0.308 e. The molecule has 0 bridgehead atoms. The van der Waals surface area contributed by atoms with Crippen molar-refractivity contribution < 1.29 is 33.3 Å². The largest absolute Gasteiger partial charge is 0.493 e. The molecule has 0 fully saturated rings. The summed E-state index contributed by atoms with van der Waals surface area (Å²) in [5.74, 6) is -0.130. The third kappa shape index (κ3) is 13.0.